The largest absolute Gasteiger partial charge is 0.492 e. The molecule has 1 aromatic heterocycles. The highest BCUT2D eigenvalue weighted by Crippen LogP contribution is 2.20. The summed E-state index contributed by atoms with van der Waals surface area (Å²) in [7, 11) is 3.53. The van der Waals surface area contributed by atoms with Crippen molar-refractivity contribution in [2.24, 2.45) is 7.05 Å². The first-order valence-electron chi connectivity index (χ1n) is 8.12. The Kier molecular flexibility index (Phi) is 7.02. The molecule has 132 valence electrons. The first-order chi connectivity index (χ1) is 11.3. The minimum absolute atomic E-state index is 0. The van der Waals surface area contributed by atoms with E-state index in [1.54, 1.807) is 11.8 Å². The number of benzene rings is 1. The number of nitrogens with zero attached hydrogens (tertiary/aromatic N) is 3. The molecule has 1 aliphatic heterocycles. The number of piperidine rings is 1. The second-order valence-electron chi connectivity index (χ2n) is 5.89. The number of aryl methyl sites for hydroxylation is 1. The van der Waals surface area contributed by atoms with Crippen LogP contribution in [0.15, 0.2) is 24.3 Å². The second-order valence-corrected chi connectivity index (χ2v) is 5.89. The summed E-state index contributed by atoms with van der Waals surface area (Å²) in [6.45, 7) is 2.28. The molecule has 1 saturated heterocycles. The maximum atomic E-state index is 5.88. The Bertz CT molecular complexity index is 624. The summed E-state index contributed by atoms with van der Waals surface area (Å²) < 4.78 is 12.7. The van der Waals surface area contributed by atoms with E-state index in [4.69, 9.17) is 9.47 Å². The third-order valence-electron chi connectivity index (χ3n) is 4.10. The number of nitrogens with one attached hydrogen (secondary N) is 1. The fraction of sp³-hybridized carbons (Fsp3) is 0.529. The third-order valence-corrected chi connectivity index (χ3v) is 4.10. The standard InChI is InChI=1S/C17H24N4O2.ClH/c1-21-16(12-22-2)19-17(20-21)13-6-8-15(9-7-13)23-11-14-5-3-4-10-18-14;/h6-9,14,18H,3-5,10-12H2,1-2H3;1H. The molecule has 0 aliphatic carbocycles. The van der Waals surface area contributed by atoms with Gasteiger partial charge in [-0.05, 0) is 43.7 Å². The lowest BCUT2D eigenvalue weighted by molar-refractivity contribution is 0.174. The van der Waals surface area contributed by atoms with Gasteiger partial charge in [-0.25, -0.2) is 4.98 Å². The van der Waals surface area contributed by atoms with Gasteiger partial charge >= 0.3 is 0 Å². The fourth-order valence-corrected chi connectivity index (χ4v) is 2.76. The number of ether oxygens (including phenoxy) is 2. The number of methoxy groups -OCH3 is 1. The predicted molar refractivity (Wildman–Crippen MR) is 95.5 cm³/mol. The van der Waals surface area contributed by atoms with E-state index >= 15 is 0 Å². The van der Waals surface area contributed by atoms with Crippen molar-refractivity contribution < 1.29 is 9.47 Å². The van der Waals surface area contributed by atoms with Crippen LogP contribution < -0.4 is 10.1 Å². The van der Waals surface area contributed by atoms with Crippen LogP contribution in [-0.2, 0) is 18.4 Å². The van der Waals surface area contributed by atoms with Crippen LogP contribution in [0.25, 0.3) is 11.4 Å². The zero-order valence-electron chi connectivity index (χ0n) is 14.2. The van der Waals surface area contributed by atoms with Gasteiger partial charge in [-0.2, -0.15) is 5.10 Å². The molecule has 3 rings (SSSR count). The molecule has 0 spiro atoms. The molecule has 7 heteroatoms. The van der Waals surface area contributed by atoms with E-state index in [2.05, 4.69) is 15.4 Å². The van der Waals surface area contributed by atoms with Crippen LogP contribution in [0.2, 0.25) is 0 Å². The van der Waals surface area contributed by atoms with Gasteiger partial charge in [-0.1, -0.05) is 6.42 Å². The molecule has 1 aliphatic rings. The molecule has 0 saturated carbocycles. The SMILES string of the molecule is COCc1nc(-c2ccc(OCC3CCCCN3)cc2)nn1C.Cl. The molecule has 0 radical (unpaired) electrons. The second kappa shape index (κ2) is 9.01. The van der Waals surface area contributed by atoms with Crippen molar-refractivity contribution in [1.29, 1.82) is 0 Å². The Morgan fingerprint density at radius 1 is 1.25 bits per heavy atom. The Morgan fingerprint density at radius 2 is 2.04 bits per heavy atom. The van der Waals surface area contributed by atoms with Gasteiger partial charge in [0, 0.05) is 25.8 Å². The number of hydrogen-bond acceptors (Lipinski definition) is 5. The van der Waals surface area contributed by atoms with E-state index in [9.17, 15) is 0 Å². The van der Waals surface area contributed by atoms with Crippen LogP contribution in [0, 0.1) is 0 Å². The van der Waals surface area contributed by atoms with Gasteiger partial charge in [-0.3, -0.25) is 4.68 Å². The summed E-state index contributed by atoms with van der Waals surface area (Å²) in [4.78, 5) is 4.49. The van der Waals surface area contributed by atoms with Crippen molar-refractivity contribution in [3.8, 4) is 17.1 Å². The lowest BCUT2D eigenvalue weighted by Crippen LogP contribution is -2.38. The highest BCUT2D eigenvalue weighted by atomic mass is 35.5. The van der Waals surface area contributed by atoms with Crippen molar-refractivity contribution in [2.75, 3.05) is 20.3 Å². The van der Waals surface area contributed by atoms with E-state index in [1.165, 1.54) is 19.3 Å². The Morgan fingerprint density at radius 3 is 2.71 bits per heavy atom. The summed E-state index contributed by atoms with van der Waals surface area (Å²) in [5.74, 6) is 2.40. The van der Waals surface area contributed by atoms with Crippen LogP contribution in [0.3, 0.4) is 0 Å². The van der Waals surface area contributed by atoms with Crippen molar-refractivity contribution in [1.82, 2.24) is 20.1 Å². The van der Waals surface area contributed by atoms with Gasteiger partial charge in [0.1, 0.15) is 19.0 Å². The van der Waals surface area contributed by atoms with Gasteiger partial charge < -0.3 is 14.8 Å². The molecule has 2 heterocycles. The van der Waals surface area contributed by atoms with Gasteiger partial charge in [0.25, 0.3) is 0 Å². The highest BCUT2D eigenvalue weighted by Gasteiger charge is 2.13. The minimum atomic E-state index is 0. The van der Waals surface area contributed by atoms with Crippen LogP contribution in [0.5, 0.6) is 5.75 Å². The average molecular weight is 353 g/mol. The zero-order chi connectivity index (χ0) is 16.1. The van der Waals surface area contributed by atoms with Crippen LogP contribution in [0.1, 0.15) is 25.1 Å². The van der Waals surface area contributed by atoms with E-state index < -0.39 is 0 Å². The van der Waals surface area contributed by atoms with Crippen molar-refractivity contribution in [2.45, 2.75) is 31.9 Å². The average Bonchev–Trinajstić information content (AvgIpc) is 2.96. The Balaban J connectivity index is 0.00000208. The van der Waals surface area contributed by atoms with Crippen LogP contribution in [-0.4, -0.2) is 41.1 Å². The number of rotatable bonds is 6. The minimum Gasteiger partial charge on any atom is -0.492 e. The zero-order valence-corrected chi connectivity index (χ0v) is 15.0. The molecular formula is C17H25ClN4O2. The predicted octanol–water partition coefficient (Wildman–Crippen LogP) is 2.57. The Hall–Kier alpha value is -1.63. The summed E-state index contributed by atoms with van der Waals surface area (Å²) >= 11 is 0. The van der Waals surface area contributed by atoms with E-state index in [-0.39, 0.29) is 12.4 Å². The first-order valence-corrected chi connectivity index (χ1v) is 8.12. The molecule has 2 aromatic rings. The van der Waals surface area contributed by atoms with Crippen LogP contribution >= 0.6 is 12.4 Å². The first kappa shape index (κ1) is 18.7. The Labute approximate surface area is 149 Å². The van der Waals surface area contributed by atoms with E-state index in [0.29, 0.717) is 18.5 Å². The molecule has 0 amide bonds. The molecule has 1 aromatic carbocycles. The molecule has 1 N–H and O–H groups in total. The fourth-order valence-electron chi connectivity index (χ4n) is 2.76. The van der Waals surface area contributed by atoms with Gasteiger partial charge in [0.15, 0.2) is 11.6 Å². The highest BCUT2D eigenvalue weighted by molar-refractivity contribution is 5.85. The monoisotopic (exact) mass is 352 g/mol. The molecule has 1 atom stereocenters. The number of halogens is 1. The summed E-state index contributed by atoms with van der Waals surface area (Å²) in [6.07, 6.45) is 3.75. The third kappa shape index (κ3) is 4.69. The summed E-state index contributed by atoms with van der Waals surface area (Å²) in [6, 6.07) is 8.41. The topological polar surface area (TPSA) is 61.2 Å². The van der Waals surface area contributed by atoms with Gasteiger partial charge in [0.05, 0.1) is 0 Å². The maximum Gasteiger partial charge on any atom is 0.181 e. The maximum absolute atomic E-state index is 5.88. The van der Waals surface area contributed by atoms with Gasteiger partial charge in [-0.15, -0.1) is 12.4 Å². The molecule has 24 heavy (non-hydrogen) atoms. The molecule has 1 unspecified atom stereocenters. The lowest BCUT2D eigenvalue weighted by atomic mass is 10.1. The van der Waals surface area contributed by atoms with Crippen molar-refractivity contribution in [3.05, 3.63) is 30.1 Å². The molecule has 0 bridgehead atoms. The van der Waals surface area contributed by atoms with E-state index in [1.807, 2.05) is 31.3 Å². The number of aromatic nitrogens is 3. The van der Waals surface area contributed by atoms with Crippen molar-refractivity contribution >= 4 is 12.4 Å². The van der Waals surface area contributed by atoms with E-state index in [0.717, 1.165) is 30.3 Å². The lowest BCUT2D eigenvalue weighted by Gasteiger charge is -2.23. The van der Waals surface area contributed by atoms with Gasteiger partial charge in [0.2, 0.25) is 0 Å². The molecule has 6 nitrogen and oxygen atoms in total. The number of hydrogen-bond donors (Lipinski definition) is 1. The normalized spacial score (nSPS) is 17.3. The van der Waals surface area contributed by atoms with Crippen LogP contribution in [0.4, 0.5) is 0 Å². The quantitative estimate of drug-likeness (QED) is 0.865. The molecule has 1 fully saturated rings. The molecular weight excluding hydrogens is 328 g/mol. The smallest absolute Gasteiger partial charge is 0.181 e. The summed E-state index contributed by atoms with van der Waals surface area (Å²) in [5, 5.41) is 7.91. The summed E-state index contributed by atoms with van der Waals surface area (Å²) in [5.41, 5.74) is 0.978. The van der Waals surface area contributed by atoms with Crippen molar-refractivity contribution in [3.63, 3.8) is 0 Å².